The van der Waals surface area contributed by atoms with Gasteiger partial charge >= 0.3 is 0 Å². The Hall–Kier alpha value is -2.97. The lowest BCUT2D eigenvalue weighted by Crippen LogP contribution is -2.34. The van der Waals surface area contributed by atoms with Crippen molar-refractivity contribution in [2.24, 2.45) is 0 Å². The van der Waals surface area contributed by atoms with E-state index in [9.17, 15) is 0 Å². The molecular formula is C27H26Cl2N4O3. The summed E-state index contributed by atoms with van der Waals surface area (Å²) in [5.74, 6) is 0.513. The van der Waals surface area contributed by atoms with Crippen LogP contribution >= 0.6 is 23.2 Å². The normalized spacial score (nSPS) is 19.5. The fourth-order valence-corrected chi connectivity index (χ4v) is 4.74. The molecule has 2 unspecified atom stereocenters. The van der Waals surface area contributed by atoms with Crippen molar-refractivity contribution < 1.29 is 14.2 Å². The number of benzene rings is 2. The van der Waals surface area contributed by atoms with Crippen LogP contribution in [-0.2, 0) is 28.2 Å². The van der Waals surface area contributed by atoms with Crippen LogP contribution in [-0.4, -0.2) is 38.8 Å². The summed E-state index contributed by atoms with van der Waals surface area (Å²) in [6.07, 6.45) is 8.66. The Kier molecular flexibility index (Phi) is 7.53. The maximum absolute atomic E-state index is 6.54. The van der Waals surface area contributed by atoms with E-state index in [-0.39, 0.29) is 6.10 Å². The molecule has 5 rings (SSSR count). The highest BCUT2D eigenvalue weighted by Gasteiger charge is 2.45. The van der Waals surface area contributed by atoms with Crippen LogP contribution in [0.5, 0.6) is 5.75 Å². The van der Waals surface area contributed by atoms with Crippen molar-refractivity contribution in [3.8, 4) is 17.0 Å². The van der Waals surface area contributed by atoms with Gasteiger partial charge in [0.1, 0.15) is 24.3 Å². The first-order chi connectivity index (χ1) is 17.5. The SMILES string of the molecule is CCCc1nccc(-c2ccc(OCC3COC(Cn4ccnc4)(c4ccc(Cl)cc4Cl)O3)cc2)n1. The predicted molar refractivity (Wildman–Crippen MR) is 138 cm³/mol. The summed E-state index contributed by atoms with van der Waals surface area (Å²) in [6, 6.07) is 15.1. The third kappa shape index (κ3) is 5.55. The topological polar surface area (TPSA) is 71.3 Å². The van der Waals surface area contributed by atoms with E-state index in [1.54, 1.807) is 30.9 Å². The molecule has 1 fully saturated rings. The van der Waals surface area contributed by atoms with Crippen LogP contribution in [0.1, 0.15) is 24.7 Å². The molecule has 7 nitrogen and oxygen atoms in total. The molecule has 9 heteroatoms. The first-order valence-corrected chi connectivity index (χ1v) is 12.6. The molecule has 3 heterocycles. The molecule has 1 saturated heterocycles. The predicted octanol–water partition coefficient (Wildman–Crippen LogP) is 5.95. The highest BCUT2D eigenvalue weighted by Crippen LogP contribution is 2.40. The zero-order chi connectivity index (χ0) is 25.0. The lowest BCUT2D eigenvalue weighted by molar-refractivity contribution is -0.189. The van der Waals surface area contributed by atoms with Gasteiger partial charge in [0, 0.05) is 41.2 Å². The average molecular weight is 525 g/mol. The number of halogens is 2. The second-order valence-electron chi connectivity index (χ2n) is 8.61. The molecule has 0 amide bonds. The monoisotopic (exact) mass is 524 g/mol. The maximum atomic E-state index is 6.54. The summed E-state index contributed by atoms with van der Waals surface area (Å²) in [6.45, 7) is 3.18. The fourth-order valence-electron chi connectivity index (χ4n) is 4.19. The zero-order valence-electron chi connectivity index (χ0n) is 19.8. The number of hydrogen-bond acceptors (Lipinski definition) is 6. The van der Waals surface area contributed by atoms with Crippen molar-refractivity contribution in [1.29, 1.82) is 0 Å². The molecule has 186 valence electrons. The van der Waals surface area contributed by atoms with Crippen LogP contribution in [0, 0.1) is 0 Å². The molecule has 0 bridgehead atoms. The Bertz CT molecular complexity index is 1300. The Balaban J connectivity index is 1.27. The number of ether oxygens (including phenoxy) is 3. The molecular weight excluding hydrogens is 499 g/mol. The largest absolute Gasteiger partial charge is 0.491 e. The van der Waals surface area contributed by atoms with Gasteiger partial charge in [0.05, 0.1) is 30.2 Å². The molecule has 1 aliphatic heterocycles. The van der Waals surface area contributed by atoms with Gasteiger partial charge in [-0.2, -0.15) is 0 Å². The van der Waals surface area contributed by atoms with Gasteiger partial charge < -0.3 is 18.8 Å². The third-order valence-electron chi connectivity index (χ3n) is 5.92. The number of aryl methyl sites for hydroxylation is 1. The summed E-state index contributed by atoms with van der Waals surface area (Å²) in [4.78, 5) is 13.1. The molecule has 2 atom stereocenters. The van der Waals surface area contributed by atoms with E-state index in [0.717, 1.165) is 35.7 Å². The maximum Gasteiger partial charge on any atom is 0.215 e. The Labute approximate surface area is 220 Å². The van der Waals surface area contributed by atoms with E-state index < -0.39 is 5.79 Å². The summed E-state index contributed by atoms with van der Waals surface area (Å²) in [7, 11) is 0. The third-order valence-corrected chi connectivity index (χ3v) is 6.46. The van der Waals surface area contributed by atoms with Crippen LogP contribution in [0.25, 0.3) is 11.3 Å². The minimum atomic E-state index is -1.08. The van der Waals surface area contributed by atoms with Gasteiger partial charge in [-0.25, -0.2) is 15.0 Å². The van der Waals surface area contributed by atoms with Crippen molar-refractivity contribution in [3.63, 3.8) is 0 Å². The van der Waals surface area contributed by atoms with Crippen molar-refractivity contribution in [2.45, 2.75) is 38.2 Å². The highest BCUT2D eigenvalue weighted by molar-refractivity contribution is 6.35. The van der Waals surface area contributed by atoms with E-state index in [1.807, 2.05) is 47.2 Å². The van der Waals surface area contributed by atoms with Gasteiger partial charge in [0.15, 0.2) is 0 Å². The molecule has 4 aromatic rings. The first kappa shape index (κ1) is 24.7. The number of hydrogen-bond donors (Lipinski definition) is 0. The molecule has 0 N–H and O–H groups in total. The smallest absolute Gasteiger partial charge is 0.215 e. The lowest BCUT2D eigenvalue weighted by atomic mass is 10.1. The minimum Gasteiger partial charge on any atom is -0.491 e. The molecule has 0 saturated carbocycles. The van der Waals surface area contributed by atoms with Crippen molar-refractivity contribution >= 4 is 23.2 Å². The Morgan fingerprint density at radius 1 is 1.11 bits per heavy atom. The fraction of sp³-hybridized carbons (Fsp3) is 0.296. The van der Waals surface area contributed by atoms with E-state index in [2.05, 4.69) is 21.9 Å². The quantitative estimate of drug-likeness (QED) is 0.269. The zero-order valence-corrected chi connectivity index (χ0v) is 21.3. The molecule has 2 aromatic carbocycles. The highest BCUT2D eigenvalue weighted by atomic mass is 35.5. The molecule has 36 heavy (non-hydrogen) atoms. The van der Waals surface area contributed by atoms with Crippen LogP contribution in [0.3, 0.4) is 0 Å². The van der Waals surface area contributed by atoms with Crippen LogP contribution in [0.15, 0.2) is 73.4 Å². The summed E-state index contributed by atoms with van der Waals surface area (Å²) in [5, 5.41) is 1.03. The van der Waals surface area contributed by atoms with Gasteiger partial charge in [-0.3, -0.25) is 0 Å². The Morgan fingerprint density at radius 3 is 2.72 bits per heavy atom. The standard InChI is InChI=1S/C27H26Cl2N4O3/c1-2-3-26-31-11-10-25(32-26)19-4-7-21(8-5-19)34-15-22-16-35-27(36-22,17-33-13-12-30-18-33)23-9-6-20(28)14-24(23)29/h4-14,18,22H,2-3,15-17H2,1H3. The van der Waals surface area contributed by atoms with Gasteiger partial charge in [-0.1, -0.05) is 36.2 Å². The number of imidazole rings is 1. The van der Waals surface area contributed by atoms with Crippen LogP contribution in [0.4, 0.5) is 0 Å². The first-order valence-electron chi connectivity index (χ1n) is 11.8. The molecule has 1 aliphatic rings. The van der Waals surface area contributed by atoms with E-state index in [4.69, 9.17) is 37.4 Å². The van der Waals surface area contributed by atoms with Crippen LogP contribution in [0.2, 0.25) is 10.0 Å². The summed E-state index contributed by atoms with van der Waals surface area (Å²) >= 11 is 12.7. The van der Waals surface area contributed by atoms with Crippen LogP contribution < -0.4 is 4.74 Å². The second-order valence-corrected chi connectivity index (χ2v) is 9.45. The molecule has 0 aliphatic carbocycles. The van der Waals surface area contributed by atoms with E-state index >= 15 is 0 Å². The second kappa shape index (κ2) is 11.0. The van der Waals surface area contributed by atoms with E-state index in [0.29, 0.717) is 35.4 Å². The summed E-state index contributed by atoms with van der Waals surface area (Å²) in [5.41, 5.74) is 2.62. The molecule has 0 spiro atoms. The lowest BCUT2D eigenvalue weighted by Gasteiger charge is -2.30. The minimum absolute atomic E-state index is 0.293. The Morgan fingerprint density at radius 2 is 1.97 bits per heavy atom. The van der Waals surface area contributed by atoms with Crippen molar-refractivity contribution in [1.82, 2.24) is 19.5 Å². The molecule has 0 radical (unpaired) electrons. The number of nitrogens with zero attached hydrogens (tertiary/aromatic N) is 4. The number of aromatic nitrogens is 4. The van der Waals surface area contributed by atoms with Crippen molar-refractivity contribution in [3.05, 3.63) is 94.9 Å². The van der Waals surface area contributed by atoms with Crippen molar-refractivity contribution in [2.75, 3.05) is 13.2 Å². The van der Waals surface area contributed by atoms with Gasteiger partial charge in [-0.05, 0) is 48.9 Å². The van der Waals surface area contributed by atoms with E-state index in [1.165, 1.54) is 0 Å². The van der Waals surface area contributed by atoms with Gasteiger partial charge in [0.25, 0.3) is 0 Å². The number of rotatable bonds is 9. The molecule has 2 aromatic heterocycles. The average Bonchev–Trinajstić information content (AvgIpc) is 3.54. The summed E-state index contributed by atoms with van der Waals surface area (Å²) < 4.78 is 20.6. The van der Waals surface area contributed by atoms with Gasteiger partial charge in [0.2, 0.25) is 5.79 Å². The van der Waals surface area contributed by atoms with Gasteiger partial charge in [-0.15, -0.1) is 0 Å².